The van der Waals surface area contributed by atoms with E-state index in [-0.39, 0.29) is 48.2 Å². The zero-order chi connectivity index (χ0) is 18.9. The Morgan fingerprint density at radius 2 is 2.19 bits per heavy atom. The van der Waals surface area contributed by atoms with Crippen molar-refractivity contribution in [2.75, 3.05) is 32.8 Å². The Balaban J connectivity index is 0.00000364. The van der Waals surface area contributed by atoms with Gasteiger partial charge < -0.3 is 20.7 Å². The molecule has 9 heteroatoms. The number of amides is 1. The first-order valence-electron chi connectivity index (χ1n) is 8.89. The van der Waals surface area contributed by atoms with Crippen LogP contribution in [0.2, 0.25) is 0 Å². The topological polar surface area (TPSA) is 80.0 Å². The fourth-order valence-electron chi connectivity index (χ4n) is 3.02. The number of nitrogens with two attached hydrogens (primary N) is 1. The quantitative estimate of drug-likeness (QED) is 0.263. The van der Waals surface area contributed by atoms with Crippen LogP contribution in [0.15, 0.2) is 23.2 Å². The van der Waals surface area contributed by atoms with E-state index in [0.717, 1.165) is 50.6 Å². The van der Waals surface area contributed by atoms with E-state index in [1.807, 2.05) is 6.92 Å². The number of nitrogens with zero attached hydrogens (tertiary/aromatic N) is 2. The predicted octanol–water partition coefficient (Wildman–Crippen LogP) is 2.51. The predicted molar refractivity (Wildman–Crippen MR) is 111 cm³/mol. The van der Waals surface area contributed by atoms with Crippen molar-refractivity contribution in [2.45, 2.75) is 26.2 Å². The van der Waals surface area contributed by atoms with Crippen molar-refractivity contribution in [3.63, 3.8) is 0 Å². The number of halogens is 3. The van der Waals surface area contributed by atoms with Crippen LogP contribution in [-0.2, 0) is 4.79 Å². The van der Waals surface area contributed by atoms with E-state index in [1.165, 1.54) is 6.07 Å². The van der Waals surface area contributed by atoms with Gasteiger partial charge in [-0.1, -0.05) is 0 Å². The minimum Gasteiger partial charge on any atom is -0.492 e. The standard InChI is InChI=1S/C18H26F2N4O2.HI/c1-2-22-18(24-8-3-4-13(12-24)10-17(21)25)23-7-9-26-14-5-6-15(19)16(20)11-14;/h5-6,11,13H,2-4,7-10,12H2,1H3,(H2,21,25)(H,22,23);1H. The molecule has 6 nitrogen and oxygen atoms in total. The van der Waals surface area contributed by atoms with Gasteiger partial charge in [0.1, 0.15) is 12.4 Å². The molecule has 0 spiro atoms. The molecular weight excluding hydrogens is 469 g/mol. The maximum atomic E-state index is 13.2. The summed E-state index contributed by atoms with van der Waals surface area (Å²) in [5, 5.41) is 3.24. The minimum absolute atomic E-state index is 0. The normalized spacial score (nSPS) is 17.2. The Hall–Kier alpha value is -1.65. The van der Waals surface area contributed by atoms with Gasteiger partial charge in [-0.3, -0.25) is 4.79 Å². The van der Waals surface area contributed by atoms with Crippen molar-refractivity contribution in [3.8, 4) is 5.75 Å². The van der Waals surface area contributed by atoms with Gasteiger partial charge in [0.25, 0.3) is 0 Å². The maximum absolute atomic E-state index is 13.2. The van der Waals surface area contributed by atoms with Crippen molar-refractivity contribution in [1.29, 1.82) is 0 Å². The van der Waals surface area contributed by atoms with Crippen LogP contribution >= 0.6 is 24.0 Å². The average Bonchev–Trinajstić information content (AvgIpc) is 2.60. The van der Waals surface area contributed by atoms with E-state index in [2.05, 4.69) is 15.2 Å². The molecule has 1 unspecified atom stereocenters. The third-order valence-corrected chi connectivity index (χ3v) is 4.16. The van der Waals surface area contributed by atoms with Crippen molar-refractivity contribution < 1.29 is 18.3 Å². The summed E-state index contributed by atoms with van der Waals surface area (Å²) >= 11 is 0. The number of aliphatic imine (C=N–C) groups is 1. The smallest absolute Gasteiger partial charge is 0.217 e. The Kier molecular flexibility index (Phi) is 10.3. The molecule has 0 aliphatic carbocycles. The highest BCUT2D eigenvalue weighted by Crippen LogP contribution is 2.19. The summed E-state index contributed by atoms with van der Waals surface area (Å²) in [7, 11) is 0. The molecule has 1 heterocycles. The van der Waals surface area contributed by atoms with Gasteiger partial charge in [-0.25, -0.2) is 13.8 Å². The second kappa shape index (κ2) is 11.9. The van der Waals surface area contributed by atoms with E-state index in [4.69, 9.17) is 10.5 Å². The summed E-state index contributed by atoms with van der Waals surface area (Å²) in [5.74, 6) is -0.852. The number of carbonyl (C=O) groups excluding carboxylic acids is 1. The van der Waals surface area contributed by atoms with Gasteiger partial charge in [-0.15, -0.1) is 24.0 Å². The molecule has 1 aromatic carbocycles. The molecule has 1 atom stereocenters. The Labute approximate surface area is 175 Å². The number of benzene rings is 1. The Morgan fingerprint density at radius 1 is 1.41 bits per heavy atom. The van der Waals surface area contributed by atoms with Crippen molar-refractivity contribution in [2.24, 2.45) is 16.6 Å². The zero-order valence-electron chi connectivity index (χ0n) is 15.4. The lowest BCUT2D eigenvalue weighted by Gasteiger charge is -2.34. The second-order valence-corrected chi connectivity index (χ2v) is 6.28. The molecule has 3 N–H and O–H groups in total. The Morgan fingerprint density at radius 3 is 2.85 bits per heavy atom. The summed E-state index contributed by atoms with van der Waals surface area (Å²) in [6.07, 6.45) is 2.35. The lowest BCUT2D eigenvalue weighted by atomic mass is 9.95. The highest BCUT2D eigenvalue weighted by Gasteiger charge is 2.23. The summed E-state index contributed by atoms with van der Waals surface area (Å²) in [5.41, 5.74) is 5.31. The minimum atomic E-state index is -0.937. The molecule has 0 aromatic heterocycles. The van der Waals surface area contributed by atoms with Crippen LogP contribution in [0.1, 0.15) is 26.2 Å². The SMILES string of the molecule is CCNC(=NCCOc1ccc(F)c(F)c1)N1CCCC(CC(N)=O)C1.I. The number of hydrogen-bond acceptors (Lipinski definition) is 3. The van der Waals surface area contributed by atoms with E-state index >= 15 is 0 Å². The van der Waals surface area contributed by atoms with Crippen LogP contribution in [0.4, 0.5) is 8.78 Å². The van der Waals surface area contributed by atoms with Crippen LogP contribution in [0, 0.1) is 17.6 Å². The number of piperidine rings is 1. The van der Waals surface area contributed by atoms with Gasteiger partial charge in [-0.05, 0) is 37.8 Å². The molecule has 0 bridgehead atoms. The molecule has 1 saturated heterocycles. The molecule has 27 heavy (non-hydrogen) atoms. The van der Waals surface area contributed by atoms with Crippen LogP contribution in [0.25, 0.3) is 0 Å². The summed E-state index contributed by atoms with van der Waals surface area (Å²) in [4.78, 5) is 17.8. The van der Waals surface area contributed by atoms with Gasteiger partial charge in [0, 0.05) is 32.1 Å². The summed E-state index contributed by atoms with van der Waals surface area (Å²) in [6, 6.07) is 3.43. The second-order valence-electron chi connectivity index (χ2n) is 6.28. The lowest BCUT2D eigenvalue weighted by molar-refractivity contribution is -0.119. The number of nitrogens with one attached hydrogen (secondary N) is 1. The molecular formula is C18H27F2IN4O2. The molecule has 2 rings (SSSR count). The zero-order valence-corrected chi connectivity index (χ0v) is 17.7. The van der Waals surface area contributed by atoms with Crippen LogP contribution < -0.4 is 15.8 Å². The summed E-state index contributed by atoms with van der Waals surface area (Å²) < 4.78 is 31.5. The maximum Gasteiger partial charge on any atom is 0.217 e. The molecule has 0 radical (unpaired) electrons. The number of guanidine groups is 1. The summed E-state index contributed by atoms with van der Waals surface area (Å²) in [6.45, 7) is 4.93. The first-order chi connectivity index (χ1) is 12.5. The lowest BCUT2D eigenvalue weighted by Crippen LogP contribution is -2.47. The number of hydrogen-bond donors (Lipinski definition) is 2. The molecule has 152 valence electrons. The molecule has 1 aliphatic heterocycles. The van der Waals surface area contributed by atoms with Crippen molar-refractivity contribution in [1.82, 2.24) is 10.2 Å². The van der Waals surface area contributed by atoms with Crippen LogP contribution in [-0.4, -0.2) is 49.6 Å². The average molecular weight is 496 g/mol. The molecule has 1 fully saturated rings. The number of ether oxygens (including phenoxy) is 1. The fourth-order valence-corrected chi connectivity index (χ4v) is 3.02. The van der Waals surface area contributed by atoms with Crippen molar-refractivity contribution >= 4 is 35.8 Å². The highest BCUT2D eigenvalue weighted by atomic mass is 127. The van der Waals surface area contributed by atoms with E-state index in [9.17, 15) is 13.6 Å². The van der Waals surface area contributed by atoms with E-state index < -0.39 is 11.6 Å². The third kappa shape index (κ3) is 7.86. The van der Waals surface area contributed by atoms with Crippen LogP contribution in [0.3, 0.4) is 0 Å². The van der Waals surface area contributed by atoms with E-state index in [1.54, 1.807) is 0 Å². The number of rotatable bonds is 7. The first kappa shape index (κ1) is 23.4. The van der Waals surface area contributed by atoms with Gasteiger partial charge in [0.15, 0.2) is 17.6 Å². The molecule has 1 aliphatic rings. The fraction of sp³-hybridized carbons (Fsp3) is 0.556. The highest BCUT2D eigenvalue weighted by molar-refractivity contribution is 14.0. The third-order valence-electron chi connectivity index (χ3n) is 4.16. The molecule has 1 amide bonds. The first-order valence-corrected chi connectivity index (χ1v) is 8.89. The molecule has 1 aromatic rings. The van der Waals surface area contributed by atoms with Crippen LogP contribution in [0.5, 0.6) is 5.75 Å². The monoisotopic (exact) mass is 496 g/mol. The number of primary amides is 1. The van der Waals surface area contributed by atoms with Crippen molar-refractivity contribution in [3.05, 3.63) is 29.8 Å². The van der Waals surface area contributed by atoms with Gasteiger partial charge in [0.05, 0.1) is 6.54 Å². The van der Waals surface area contributed by atoms with Gasteiger partial charge >= 0.3 is 0 Å². The largest absolute Gasteiger partial charge is 0.492 e. The molecule has 0 saturated carbocycles. The number of likely N-dealkylation sites (tertiary alicyclic amines) is 1. The Bertz CT molecular complexity index is 646. The van der Waals surface area contributed by atoms with Gasteiger partial charge in [0.2, 0.25) is 5.91 Å². The van der Waals surface area contributed by atoms with Gasteiger partial charge in [-0.2, -0.15) is 0 Å². The van der Waals surface area contributed by atoms with E-state index in [0.29, 0.717) is 13.0 Å². The number of carbonyl (C=O) groups is 1.